The number of ether oxygens (including phenoxy) is 3. The molecule has 8 heteroatoms. The van der Waals surface area contributed by atoms with Crippen LogP contribution in [0.2, 0.25) is 0 Å². The molecule has 156 valence electrons. The Balaban J connectivity index is 1.46. The van der Waals surface area contributed by atoms with Gasteiger partial charge >= 0.3 is 5.97 Å². The van der Waals surface area contributed by atoms with E-state index in [0.29, 0.717) is 18.8 Å². The minimum absolute atomic E-state index is 0.251. The maximum atomic E-state index is 11.6. The minimum Gasteiger partial charge on any atom is -0.469 e. The molecule has 1 aromatic carbocycles. The molecule has 0 fully saturated rings. The van der Waals surface area contributed by atoms with Gasteiger partial charge in [-0.1, -0.05) is 6.07 Å². The fraction of sp³-hybridized carbons (Fsp3) is 0.409. The van der Waals surface area contributed by atoms with E-state index in [1.54, 1.807) is 11.3 Å². The lowest BCUT2D eigenvalue weighted by atomic mass is 9.97. The number of methoxy groups -OCH3 is 1. The fourth-order valence-electron chi connectivity index (χ4n) is 3.99. The molecule has 0 spiro atoms. The first kappa shape index (κ1) is 19.1. The van der Waals surface area contributed by atoms with Gasteiger partial charge in [-0.05, 0) is 48.9 Å². The van der Waals surface area contributed by atoms with Crippen LogP contribution in [0.15, 0.2) is 18.2 Å². The lowest BCUT2D eigenvalue weighted by molar-refractivity contribution is -0.140. The second-order valence-electron chi connectivity index (χ2n) is 7.50. The predicted molar refractivity (Wildman–Crippen MR) is 114 cm³/mol. The third-order valence-electron chi connectivity index (χ3n) is 5.54. The molecule has 3 aromatic rings. The van der Waals surface area contributed by atoms with Gasteiger partial charge in [-0.3, -0.25) is 4.79 Å². The molecule has 0 saturated carbocycles. The van der Waals surface area contributed by atoms with Crippen LogP contribution in [-0.2, 0) is 35.3 Å². The molecule has 0 amide bonds. The van der Waals surface area contributed by atoms with Crippen LogP contribution in [0, 0.1) is 0 Å². The summed E-state index contributed by atoms with van der Waals surface area (Å²) in [4.78, 5) is 23.6. The fourth-order valence-corrected chi connectivity index (χ4v) is 5.27. The Morgan fingerprint density at radius 3 is 2.97 bits per heavy atom. The molecule has 3 heterocycles. The van der Waals surface area contributed by atoms with Crippen molar-refractivity contribution in [2.24, 2.45) is 0 Å². The molecule has 2 aliphatic rings. The van der Waals surface area contributed by atoms with Crippen molar-refractivity contribution in [1.29, 1.82) is 0 Å². The van der Waals surface area contributed by atoms with Crippen LogP contribution in [-0.4, -0.2) is 29.8 Å². The first-order valence-corrected chi connectivity index (χ1v) is 11.0. The van der Waals surface area contributed by atoms with Crippen LogP contribution in [0.3, 0.4) is 0 Å². The number of thiophene rings is 1. The van der Waals surface area contributed by atoms with Crippen LogP contribution >= 0.6 is 11.3 Å². The van der Waals surface area contributed by atoms with E-state index < -0.39 is 0 Å². The zero-order valence-electron chi connectivity index (χ0n) is 16.8. The van der Waals surface area contributed by atoms with Crippen molar-refractivity contribution in [2.75, 3.05) is 19.2 Å². The number of aromatic nitrogens is 2. The van der Waals surface area contributed by atoms with Crippen molar-refractivity contribution in [1.82, 2.24) is 9.97 Å². The van der Waals surface area contributed by atoms with Crippen molar-refractivity contribution in [3.05, 3.63) is 40.0 Å². The number of esters is 1. The molecule has 0 unspecified atom stereocenters. The lowest BCUT2D eigenvalue weighted by Gasteiger charge is -2.13. The van der Waals surface area contributed by atoms with Crippen LogP contribution in [0.1, 0.15) is 41.1 Å². The summed E-state index contributed by atoms with van der Waals surface area (Å²) in [5, 5.41) is 4.65. The summed E-state index contributed by atoms with van der Waals surface area (Å²) in [5.41, 5.74) is 2.47. The maximum absolute atomic E-state index is 11.6. The van der Waals surface area contributed by atoms with Crippen LogP contribution in [0.25, 0.3) is 10.2 Å². The Kier molecular flexibility index (Phi) is 5.16. The SMILES string of the molecule is COC(=O)CCc1nc(NCc2ccc3c(c2)OCO3)c2c3c(sc2n1)CCCC3. The number of benzene rings is 1. The zero-order valence-corrected chi connectivity index (χ0v) is 17.6. The Morgan fingerprint density at radius 2 is 2.07 bits per heavy atom. The number of rotatable bonds is 6. The van der Waals surface area contributed by atoms with Crippen molar-refractivity contribution in [3.63, 3.8) is 0 Å². The molecule has 1 aliphatic carbocycles. The second-order valence-corrected chi connectivity index (χ2v) is 8.58. The van der Waals surface area contributed by atoms with Crippen LogP contribution < -0.4 is 14.8 Å². The summed E-state index contributed by atoms with van der Waals surface area (Å²) < 4.78 is 15.7. The largest absolute Gasteiger partial charge is 0.469 e. The number of aryl methyl sites for hydroxylation is 3. The number of nitrogens with one attached hydrogen (secondary N) is 1. The monoisotopic (exact) mass is 425 g/mol. The highest BCUT2D eigenvalue weighted by Gasteiger charge is 2.21. The molecule has 30 heavy (non-hydrogen) atoms. The van der Waals surface area contributed by atoms with Crippen molar-refractivity contribution >= 4 is 33.3 Å². The van der Waals surface area contributed by atoms with Gasteiger partial charge in [-0.25, -0.2) is 9.97 Å². The van der Waals surface area contributed by atoms with Crippen molar-refractivity contribution in [3.8, 4) is 11.5 Å². The highest BCUT2D eigenvalue weighted by atomic mass is 32.1. The molecule has 0 bridgehead atoms. The summed E-state index contributed by atoms with van der Waals surface area (Å²) in [6.45, 7) is 0.882. The summed E-state index contributed by atoms with van der Waals surface area (Å²) in [6, 6.07) is 5.96. The minimum atomic E-state index is -0.251. The molecule has 5 rings (SSSR count). The van der Waals surface area contributed by atoms with Crippen LogP contribution in [0.4, 0.5) is 5.82 Å². The number of carbonyl (C=O) groups excluding carboxylic acids is 1. The normalized spacial score (nSPS) is 14.6. The number of fused-ring (bicyclic) bond motifs is 4. The molecule has 2 aromatic heterocycles. The average Bonchev–Trinajstić information content (AvgIpc) is 3.39. The summed E-state index contributed by atoms with van der Waals surface area (Å²) in [5.74, 6) is 2.81. The van der Waals surface area contributed by atoms with Crippen LogP contribution in [0.5, 0.6) is 11.5 Å². The number of hydrogen-bond acceptors (Lipinski definition) is 8. The molecule has 0 atom stereocenters. The van der Waals surface area contributed by atoms with E-state index in [1.807, 2.05) is 18.2 Å². The molecule has 1 aliphatic heterocycles. The van der Waals surface area contributed by atoms with E-state index in [9.17, 15) is 4.79 Å². The Labute approximate surface area is 178 Å². The molecule has 0 saturated heterocycles. The standard InChI is InChI=1S/C22H23N3O4S/c1-27-19(26)9-8-18-24-21(20-14-4-2-3-5-17(14)30-22(20)25-18)23-11-13-6-7-15-16(10-13)29-12-28-15/h6-7,10H,2-5,8-9,11-12H2,1H3,(H,23,24,25). The van der Waals surface area contributed by atoms with Crippen molar-refractivity contribution < 1.29 is 19.0 Å². The number of anilines is 1. The van der Waals surface area contributed by atoms with E-state index in [-0.39, 0.29) is 19.2 Å². The first-order chi connectivity index (χ1) is 14.7. The van der Waals surface area contributed by atoms with E-state index in [0.717, 1.165) is 45.9 Å². The smallest absolute Gasteiger partial charge is 0.305 e. The van der Waals surface area contributed by atoms with Gasteiger partial charge in [0.15, 0.2) is 11.5 Å². The second kappa shape index (κ2) is 8.10. The third kappa shape index (κ3) is 3.67. The number of hydrogen-bond donors (Lipinski definition) is 1. The van der Waals surface area contributed by atoms with Gasteiger partial charge < -0.3 is 19.5 Å². The van der Waals surface area contributed by atoms with E-state index >= 15 is 0 Å². The molecular formula is C22H23N3O4S. The zero-order chi connectivity index (χ0) is 20.5. The molecular weight excluding hydrogens is 402 g/mol. The summed E-state index contributed by atoms with van der Waals surface area (Å²) in [7, 11) is 1.40. The van der Waals surface area contributed by atoms with Gasteiger partial charge in [0.1, 0.15) is 16.5 Å². The highest BCUT2D eigenvalue weighted by Crippen LogP contribution is 2.39. The van der Waals surface area contributed by atoms with Gasteiger partial charge in [-0.2, -0.15) is 0 Å². The van der Waals surface area contributed by atoms with Gasteiger partial charge in [0.25, 0.3) is 0 Å². The molecule has 7 nitrogen and oxygen atoms in total. The van der Waals surface area contributed by atoms with Gasteiger partial charge in [0.05, 0.1) is 18.9 Å². The Bertz CT molecular complexity index is 1110. The van der Waals surface area contributed by atoms with E-state index in [4.69, 9.17) is 24.2 Å². The lowest BCUT2D eigenvalue weighted by Crippen LogP contribution is -2.08. The average molecular weight is 426 g/mol. The maximum Gasteiger partial charge on any atom is 0.305 e. The quantitative estimate of drug-likeness (QED) is 0.597. The molecule has 1 N–H and O–H groups in total. The number of carbonyl (C=O) groups is 1. The Morgan fingerprint density at radius 1 is 1.20 bits per heavy atom. The van der Waals surface area contributed by atoms with Gasteiger partial charge in [-0.15, -0.1) is 11.3 Å². The predicted octanol–water partition coefficient (Wildman–Crippen LogP) is 4.02. The Hall–Kier alpha value is -2.87. The first-order valence-electron chi connectivity index (χ1n) is 10.2. The van der Waals surface area contributed by atoms with E-state index in [1.165, 1.54) is 30.4 Å². The van der Waals surface area contributed by atoms with Crippen molar-refractivity contribution in [2.45, 2.75) is 45.1 Å². The number of nitrogens with zero attached hydrogens (tertiary/aromatic N) is 2. The summed E-state index contributed by atoms with van der Waals surface area (Å²) in [6.07, 6.45) is 5.33. The molecule has 0 radical (unpaired) electrons. The van der Waals surface area contributed by atoms with E-state index in [2.05, 4.69) is 5.32 Å². The topological polar surface area (TPSA) is 82.6 Å². The highest BCUT2D eigenvalue weighted by molar-refractivity contribution is 7.19. The summed E-state index contributed by atoms with van der Waals surface area (Å²) >= 11 is 1.76. The van der Waals surface area contributed by atoms with Gasteiger partial charge in [0, 0.05) is 17.8 Å². The third-order valence-corrected chi connectivity index (χ3v) is 6.72. The van der Waals surface area contributed by atoms with Gasteiger partial charge in [0.2, 0.25) is 6.79 Å².